The first-order chi connectivity index (χ1) is 15.3. The van der Waals surface area contributed by atoms with E-state index in [1.165, 1.54) is 18.6 Å². The van der Waals surface area contributed by atoms with Gasteiger partial charge in [0.15, 0.2) is 11.5 Å². The smallest absolute Gasteiger partial charge is 0.308 e. The predicted molar refractivity (Wildman–Crippen MR) is 120 cm³/mol. The van der Waals surface area contributed by atoms with Crippen molar-refractivity contribution in [1.29, 1.82) is 5.26 Å². The van der Waals surface area contributed by atoms with Crippen molar-refractivity contribution in [3.8, 4) is 23.3 Å². The number of nitriles is 1. The van der Waals surface area contributed by atoms with Crippen LogP contribution in [0, 0.1) is 11.3 Å². The van der Waals surface area contributed by atoms with Gasteiger partial charge in [0.1, 0.15) is 17.4 Å². The number of ether oxygens (including phenoxy) is 3. The maximum absolute atomic E-state index is 13.4. The van der Waals surface area contributed by atoms with Gasteiger partial charge in [0, 0.05) is 19.4 Å². The summed E-state index contributed by atoms with van der Waals surface area (Å²) >= 11 is 3.40. The molecule has 2 N–H and O–H groups in total. The number of aromatic nitrogens is 1. The van der Waals surface area contributed by atoms with E-state index in [9.17, 15) is 14.9 Å². The van der Waals surface area contributed by atoms with Crippen molar-refractivity contribution in [3.63, 3.8) is 0 Å². The minimum absolute atomic E-state index is 0.0810. The van der Waals surface area contributed by atoms with Gasteiger partial charge in [-0.25, -0.2) is 0 Å². The Morgan fingerprint density at radius 3 is 2.69 bits per heavy atom. The normalized spacial score (nSPS) is 15.0. The molecule has 0 saturated carbocycles. The van der Waals surface area contributed by atoms with Crippen molar-refractivity contribution in [2.24, 2.45) is 12.8 Å². The van der Waals surface area contributed by atoms with Gasteiger partial charge in [-0.05, 0) is 45.8 Å². The summed E-state index contributed by atoms with van der Waals surface area (Å²) in [5.74, 6) is -0.658. The Kier molecular flexibility index (Phi) is 5.40. The first kappa shape index (κ1) is 21.5. The molecule has 0 radical (unpaired) electrons. The molecular formula is C23H18BrN3O5. The van der Waals surface area contributed by atoms with E-state index in [0.29, 0.717) is 26.7 Å². The topological polar surface area (TPSA) is 117 Å². The number of nitrogens with two attached hydrogens (primary N) is 1. The number of esters is 1. The lowest BCUT2D eigenvalue weighted by atomic mass is 9.83. The van der Waals surface area contributed by atoms with Gasteiger partial charge in [-0.1, -0.05) is 12.1 Å². The summed E-state index contributed by atoms with van der Waals surface area (Å²) in [6, 6.07) is 12.7. The summed E-state index contributed by atoms with van der Waals surface area (Å²) < 4.78 is 18.4. The summed E-state index contributed by atoms with van der Waals surface area (Å²) in [6.07, 6.45) is 0. The Labute approximate surface area is 191 Å². The molecular weight excluding hydrogens is 478 g/mol. The van der Waals surface area contributed by atoms with Crippen LogP contribution in [-0.4, -0.2) is 17.6 Å². The zero-order valence-corrected chi connectivity index (χ0v) is 19.0. The molecule has 1 aromatic heterocycles. The fraction of sp³-hybridized carbons (Fsp3) is 0.174. The highest BCUT2D eigenvalue weighted by Gasteiger charge is 2.36. The summed E-state index contributed by atoms with van der Waals surface area (Å²) in [6.45, 7) is 1.28. The number of allylic oxidation sites excluding steroid dienone is 1. The molecule has 0 saturated heterocycles. The predicted octanol–water partition coefficient (Wildman–Crippen LogP) is 3.45. The highest BCUT2D eigenvalue weighted by Crippen LogP contribution is 2.46. The molecule has 0 aliphatic carbocycles. The standard InChI is InChI=1S/C23H18BrN3O5/c1-11(28)31-21-15(24)8-12(9-17(21)30-3)18-14(10-25)22(26)32-20-13-6-4-5-7-16(13)27(2)23(29)19(18)20/h4-9,18H,26H2,1-3H3/t18-/m1/s1. The minimum atomic E-state index is -0.816. The molecule has 2 heterocycles. The van der Waals surface area contributed by atoms with Crippen LogP contribution in [0.3, 0.4) is 0 Å². The lowest BCUT2D eigenvalue weighted by molar-refractivity contribution is -0.132. The molecule has 4 rings (SSSR count). The second-order valence-corrected chi connectivity index (χ2v) is 8.03. The van der Waals surface area contributed by atoms with Crippen LogP contribution in [0.25, 0.3) is 10.9 Å². The number of para-hydroxylation sites is 1. The molecule has 0 fully saturated rings. The number of hydrogen-bond donors (Lipinski definition) is 1. The average molecular weight is 496 g/mol. The second kappa shape index (κ2) is 8.05. The molecule has 1 aliphatic rings. The Balaban J connectivity index is 2.06. The van der Waals surface area contributed by atoms with Gasteiger partial charge in [0.05, 0.1) is 28.6 Å². The van der Waals surface area contributed by atoms with E-state index in [4.69, 9.17) is 19.9 Å². The van der Waals surface area contributed by atoms with Gasteiger partial charge in [-0.15, -0.1) is 0 Å². The van der Waals surface area contributed by atoms with Gasteiger partial charge in [0.25, 0.3) is 5.56 Å². The fourth-order valence-corrected chi connectivity index (χ4v) is 4.45. The number of fused-ring (bicyclic) bond motifs is 3. The van der Waals surface area contributed by atoms with Crippen molar-refractivity contribution in [3.05, 3.63) is 73.8 Å². The van der Waals surface area contributed by atoms with E-state index in [0.717, 1.165) is 0 Å². The number of nitrogens with zero attached hydrogens (tertiary/aromatic N) is 2. The van der Waals surface area contributed by atoms with Gasteiger partial charge in [-0.2, -0.15) is 5.26 Å². The van der Waals surface area contributed by atoms with E-state index >= 15 is 0 Å². The molecule has 0 bridgehead atoms. The van der Waals surface area contributed by atoms with Crippen LogP contribution in [0.15, 0.2) is 57.1 Å². The van der Waals surface area contributed by atoms with Gasteiger partial charge in [-0.3, -0.25) is 9.59 Å². The molecule has 0 amide bonds. The van der Waals surface area contributed by atoms with Crippen LogP contribution >= 0.6 is 15.9 Å². The molecule has 162 valence electrons. The SMILES string of the molecule is COc1cc([C@@H]2C(C#N)=C(N)Oc3c2c(=O)n(C)c2ccccc32)cc(Br)c1OC(C)=O. The number of carbonyl (C=O) groups is 1. The van der Waals surface area contributed by atoms with Crippen LogP contribution in [0.5, 0.6) is 17.2 Å². The molecule has 3 aromatic rings. The van der Waals surface area contributed by atoms with Gasteiger partial charge in [0.2, 0.25) is 5.88 Å². The number of halogens is 1. The Morgan fingerprint density at radius 1 is 1.31 bits per heavy atom. The molecule has 9 heteroatoms. The zero-order valence-electron chi connectivity index (χ0n) is 17.4. The number of pyridine rings is 1. The maximum atomic E-state index is 13.4. The summed E-state index contributed by atoms with van der Waals surface area (Å²) in [5.41, 5.74) is 7.41. The van der Waals surface area contributed by atoms with Crippen molar-refractivity contribution >= 4 is 32.8 Å². The highest BCUT2D eigenvalue weighted by molar-refractivity contribution is 9.10. The van der Waals surface area contributed by atoms with Crippen LogP contribution < -0.4 is 25.5 Å². The quantitative estimate of drug-likeness (QED) is 0.436. The lowest BCUT2D eigenvalue weighted by Gasteiger charge is -2.28. The maximum Gasteiger partial charge on any atom is 0.308 e. The third-order valence-corrected chi connectivity index (χ3v) is 5.88. The molecule has 0 spiro atoms. The summed E-state index contributed by atoms with van der Waals surface area (Å²) in [4.78, 5) is 24.9. The number of aryl methyl sites for hydroxylation is 1. The number of rotatable bonds is 3. The molecule has 2 aromatic carbocycles. The zero-order chi connectivity index (χ0) is 23.2. The van der Waals surface area contributed by atoms with Gasteiger partial charge < -0.3 is 24.5 Å². The van der Waals surface area contributed by atoms with Crippen molar-refractivity contribution in [1.82, 2.24) is 4.57 Å². The van der Waals surface area contributed by atoms with Crippen molar-refractivity contribution in [2.75, 3.05) is 7.11 Å². The monoisotopic (exact) mass is 495 g/mol. The number of carbonyl (C=O) groups excluding carboxylic acids is 1. The van der Waals surface area contributed by atoms with E-state index < -0.39 is 11.9 Å². The van der Waals surface area contributed by atoms with E-state index in [2.05, 4.69) is 22.0 Å². The van der Waals surface area contributed by atoms with E-state index in [1.54, 1.807) is 19.2 Å². The molecule has 32 heavy (non-hydrogen) atoms. The highest BCUT2D eigenvalue weighted by atomic mass is 79.9. The summed E-state index contributed by atoms with van der Waals surface area (Å²) in [5, 5.41) is 10.6. The summed E-state index contributed by atoms with van der Waals surface area (Å²) in [7, 11) is 3.09. The molecule has 1 atom stereocenters. The molecule has 8 nitrogen and oxygen atoms in total. The second-order valence-electron chi connectivity index (χ2n) is 7.18. The average Bonchev–Trinajstić information content (AvgIpc) is 2.77. The third-order valence-electron chi connectivity index (χ3n) is 5.30. The van der Waals surface area contributed by atoms with E-state index in [-0.39, 0.29) is 34.1 Å². The number of benzene rings is 2. The van der Waals surface area contributed by atoms with Crippen LogP contribution in [0.4, 0.5) is 0 Å². The number of methoxy groups -OCH3 is 1. The number of hydrogen-bond acceptors (Lipinski definition) is 7. The van der Waals surface area contributed by atoms with Crippen LogP contribution in [0.2, 0.25) is 0 Å². The van der Waals surface area contributed by atoms with E-state index in [1.807, 2.05) is 24.3 Å². The fourth-order valence-electron chi connectivity index (χ4n) is 3.91. The van der Waals surface area contributed by atoms with Crippen molar-refractivity contribution in [2.45, 2.75) is 12.8 Å². The Morgan fingerprint density at radius 2 is 2.03 bits per heavy atom. The molecule has 0 unspecified atom stereocenters. The van der Waals surface area contributed by atoms with Gasteiger partial charge >= 0.3 is 5.97 Å². The van der Waals surface area contributed by atoms with Crippen LogP contribution in [0.1, 0.15) is 24.0 Å². The third kappa shape index (κ3) is 3.29. The minimum Gasteiger partial charge on any atom is -0.493 e. The lowest BCUT2D eigenvalue weighted by Crippen LogP contribution is -2.31. The van der Waals surface area contributed by atoms with Crippen LogP contribution in [-0.2, 0) is 11.8 Å². The first-order valence-electron chi connectivity index (χ1n) is 9.53. The first-order valence-corrected chi connectivity index (χ1v) is 10.3. The Hall–Kier alpha value is -3.77. The largest absolute Gasteiger partial charge is 0.493 e. The molecule has 1 aliphatic heterocycles. The Bertz CT molecular complexity index is 1420. The van der Waals surface area contributed by atoms with Crippen molar-refractivity contribution < 1.29 is 19.0 Å².